The first-order valence-electron chi connectivity index (χ1n) is 9.37. The highest BCUT2D eigenvalue weighted by Crippen LogP contribution is 2.26. The Morgan fingerprint density at radius 3 is 2.58 bits per heavy atom. The van der Waals surface area contributed by atoms with Crippen molar-refractivity contribution >= 4 is 16.9 Å². The maximum absolute atomic E-state index is 12.0. The van der Waals surface area contributed by atoms with Crippen LogP contribution in [0.3, 0.4) is 0 Å². The number of quaternary nitrogens is 1. The van der Waals surface area contributed by atoms with Crippen LogP contribution in [0.4, 0.5) is 0 Å². The Balaban J connectivity index is 1.87. The summed E-state index contributed by atoms with van der Waals surface area (Å²) < 4.78 is 10.3. The quantitative estimate of drug-likeness (QED) is 0.672. The van der Waals surface area contributed by atoms with E-state index in [1.165, 1.54) is 17.6 Å². The van der Waals surface area contributed by atoms with Crippen molar-refractivity contribution in [3.63, 3.8) is 0 Å². The van der Waals surface area contributed by atoms with Gasteiger partial charge in [-0.3, -0.25) is 4.79 Å². The Morgan fingerprint density at radius 1 is 1.27 bits per heavy atom. The highest BCUT2D eigenvalue weighted by atomic mass is 16.5. The molecule has 140 valence electrons. The second-order valence-electron chi connectivity index (χ2n) is 7.67. The summed E-state index contributed by atoms with van der Waals surface area (Å²) in [7, 11) is 1.45. The van der Waals surface area contributed by atoms with E-state index in [4.69, 9.17) is 9.15 Å². The first-order valence-corrected chi connectivity index (χ1v) is 9.37. The highest BCUT2D eigenvalue weighted by Gasteiger charge is 2.28. The maximum atomic E-state index is 12.0. The Morgan fingerprint density at radius 2 is 1.96 bits per heavy atom. The molecule has 1 aromatic heterocycles. The largest absolute Gasteiger partial charge is 0.469 e. The van der Waals surface area contributed by atoms with Gasteiger partial charge in [0.15, 0.2) is 0 Å². The molecular formula is C21H28NO4+. The number of ether oxygens (including phenoxy) is 1. The van der Waals surface area contributed by atoms with E-state index in [1.54, 1.807) is 6.07 Å². The molecule has 0 spiro atoms. The van der Waals surface area contributed by atoms with Gasteiger partial charge in [0, 0.05) is 29.9 Å². The van der Waals surface area contributed by atoms with Crippen molar-refractivity contribution in [1.29, 1.82) is 0 Å². The first-order chi connectivity index (χ1) is 12.4. The summed E-state index contributed by atoms with van der Waals surface area (Å²) in [6.45, 7) is 9.00. The number of piperidine rings is 1. The fourth-order valence-corrected chi connectivity index (χ4v) is 4.03. The van der Waals surface area contributed by atoms with Crippen molar-refractivity contribution in [3.05, 3.63) is 45.3 Å². The van der Waals surface area contributed by atoms with Crippen molar-refractivity contribution in [2.75, 3.05) is 20.2 Å². The van der Waals surface area contributed by atoms with Gasteiger partial charge in [0.1, 0.15) is 12.1 Å². The van der Waals surface area contributed by atoms with Gasteiger partial charge in [-0.05, 0) is 36.1 Å². The van der Waals surface area contributed by atoms with Crippen molar-refractivity contribution in [1.82, 2.24) is 0 Å². The average Bonchev–Trinajstić information content (AvgIpc) is 2.60. The number of likely N-dealkylation sites (tertiary alicyclic amines) is 1. The summed E-state index contributed by atoms with van der Waals surface area (Å²) in [5.41, 5.74) is 3.84. The van der Waals surface area contributed by atoms with Gasteiger partial charge in [0.05, 0.1) is 26.1 Å². The smallest absolute Gasteiger partial charge is 0.336 e. The third-order valence-corrected chi connectivity index (χ3v) is 5.51. The zero-order valence-corrected chi connectivity index (χ0v) is 16.1. The molecule has 1 saturated heterocycles. The van der Waals surface area contributed by atoms with Crippen molar-refractivity contribution in [2.45, 2.75) is 46.1 Å². The standard InChI is InChI=1S/C21H27NO4/c1-13(2)17-11-18-16(10-20(23)26-19(18)9-14(17)3)12-22-7-5-15(6-8-22)21(24)25-4/h9-11,13,15H,5-8,12H2,1-4H3/p+1. The number of carbonyl (C=O) groups is 1. The van der Waals surface area contributed by atoms with E-state index < -0.39 is 0 Å². The fraction of sp³-hybridized carbons (Fsp3) is 0.524. The lowest BCUT2D eigenvalue weighted by Crippen LogP contribution is -3.11. The van der Waals surface area contributed by atoms with Crippen LogP contribution in [0, 0.1) is 12.8 Å². The minimum Gasteiger partial charge on any atom is -0.469 e. The number of hydrogen-bond donors (Lipinski definition) is 1. The Kier molecular flexibility index (Phi) is 5.47. The summed E-state index contributed by atoms with van der Waals surface area (Å²) in [4.78, 5) is 25.1. The molecule has 1 N–H and O–H groups in total. The van der Waals surface area contributed by atoms with Crippen LogP contribution in [-0.2, 0) is 16.1 Å². The molecule has 0 unspecified atom stereocenters. The molecule has 2 aromatic rings. The van der Waals surface area contributed by atoms with Crippen LogP contribution in [0.5, 0.6) is 0 Å². The molecule has 0 atom stereocenters. The molecule has 1 fully saturated rings. The second kappa shape index (κ2) is 7.62. The van der Waals surface area contributed by atoms with Crippen molar-refractivity contribution < 1.29 is 18.8 Å². The third kappa shape index (κ3) is 3.83. The van der Waals surface area contributed by atoms with Gasteiger partial charge in [-0.1, -0.05) is 13.8 Å². The molecule has 0 amide bonds. The highest BCUT2D eigenvalue weighted by molar-refractivity contribution is 5.82. The minimum atomic E-state index is -0.298. The van der Waals surface area contributed by atoms with Crippen LogP contribution >= 0.6 is 0 Å². The second-order valence-corrected chi connectivity index (χ2v) is 7.67. The summed E-state index contributed by atoms with van der Waals surface area (Å²) in [6, 6.07) is 5.78. The van der Waals surface area contributed by atoms with E-state index in [0.717, 1.165) is 49.0 Å². The topological polar surface area (TPSA) is 61.0 Å². The molecule has 1 aliphatic heterocycles. The van der Waals surface area contributed by atoms with Crippen molar-refractivity contribution in [3.8, 4) is 0 Å². The molecule has 26 heavy (non-hydrogen) atoms. The monoisotopic (exact) mass is 358 g/mol. The number of aryl methyl sites for hydroxylation is 1. The van der Waals surface area contributed by atoms with E-state index in [9.17, 15) is 9.59 Å². The van der Waals surface area contributed by atoms with Crippen molar-refractivity contribution in [2.24, 2.45) is 5.92 Å². The lowest BCUT2D eigenvalue weighted by atomic mass is 9.94. The van der Waals surface area contributed by atoms with Crippen LogP contribution in [0.15, 0.2) is 27.4 Å². The zero-order valence-electron chi connectivity index (χ0n) is 16.1. The molecule has 5 nitrogen and oxygen atoms in total. The molecule has 1 aromatic carbocycles. The molecule has 2 heterocycles. The van der Waals surface area contributed by atoms with Gasteiger partial charge >= 0.3 is 11.6 Å². The lowest BCUT2D eigenvalue weighted by molar-refractivity contribution is -0.919. The van der Waals surface area contributed by atoms with E-state index in [-0.39, 0.29) is 17.5 Å². The third-order valence-electron chi connectivity index (χ3n) is 5.51. The predicted octanol–water partition coefficient (Wildman–Crippen LogP) is 2.19. The van der Waals surface area contributed by atoms with E-state index >= 15 is 0 Å². The molecular weight excluding hydrogens is 330 g/mol. The molecule has 3 rings (SSSR count). The van der Waals surface area contributed by atoms with E-state index in [0.29, 0.717) is 11.5 Å². The number of esters is 1. The number of fused-ring (bicyclic) bond motifs is 1. The van der Waals surface area contributed by atoms with Gasteiger partial charge in [-0.2, -0.15) is 0 Å². The predicted molar refractivity (Wildman–Crippen MR) is 100 cm³/mol. The van der Waals surface area contributed by atoms with Crippen LogP contribution in [0.2, 0.25) is 0 Å². The number of hydrogen-bond acceptors (Lipinski definition) is 4. The number of benzene rings is 1. The minimum absolute atomic E-state index is 0.0107. The van der Waals surface area contributed by atoms with Gasteiger partial charge in [0.25, 0.3) is 0 Å². The zero-order chi connectivity index (χ0) is 18.8. The number of rotatable bonds is 4. The molecule has 0 saturated carbocycles. The normalized spacial score (nSPS) is 20.5. The molecule has 0 aliphatic carbocycles. The van der Waals surface area contributed by atoms with Crippen LogP contribution < -0.4 is 10.5 Å². The van der Waals surface area contributed by atoms with Crippen LogP contribution in [0.25, 0.3) is 11.0 Å². The van der Waals surface area contributed by atoms with Gasteiger partial charge < -0.3 is 14.1 Å². The van der Waals surface area contributed by atoms with E-state index in [2.05, 4.69) is 26.8 Å². The molecule has 1 aliphatic rings. The first kappa shape index (κ1) is 18.6. The Hall–Kier alpha value is -2.14. The van der Waals surface area contributed by atoms with E-state index in [1.807, 2.05) is 6.07 Å². The number of nitrogens with one attached hydrogen (secondary N) is 1. The summed E-state index contributed by atoms with van der Waals surface area (Å²) >= 11 is 0. The summed E-state index contributed by atoms with van der Waals surface area (Å²) in [5, 5.41) is 1.03. The SMILES string of the molecule is COC(=O)C1CC[NH+](Cc2cc(=O)oc3cc(C)c(C(C)C)cc23)CC1. The molecule has 5 heteroatoms. The fourth-order valence-electron chi connectivity index (χ4n) is 4.03. The number of methoxy groups -OCH3 is 1. The lowest BCUT2D eigenvalue weighted by Gasteiger charge is -2.28. The Labute approximate surface area is 153 Å². The Bertz CT molecular complexity index is 860. The van der Waals surface area contributed by atoms with Crippen LogP contribution in [0.1, 0.15) is 49.3 Å². The van der Waals surface area contributed by atoms with Gasteiger partial charge in [-0.15, -0.1) is 0 Å². The molecule has 0 radical (unpaired) electrons. The average molecular weight is 358 g/mol. The van der Waals surface area contributed by atoms with Gasteiger partial charge in [0.2, 0.25) is 0 Å². The maximum Gasteiger partial charge on any atom is 0.336 e. The summed E-state index contributed by atoms with van der Waals surface area (Å²) in [6.07, 6.45) is 1.66. The van der Waals surface area contributed by atoms with Gasteiger partial charge in [-0.25, -0.2) is 4.79 Å². The van der Waals surface area contributed by atoms with Crippen LogP contribution in [-0.4, -0.2) is 26.2 Å². The molecule has 0 bridgehead atoms. The summed E-state index contributed by atoms with van der Waals surface area (Å²) in [5.74, 6) is 0.325. The number of carbonyl (C=O) groups excluding carboxylic acids is 1.